The molecule has 4 N–H and O–H groups in total. The molecule has 1 aromatic carbocycles. The molecule has 0 bridgehead atoms. The van der Waals surface area contributed by atoms with Gasteiger partial charge in [-0.3, -0.25) is 19.2 Å². The lowest BCUT2D eigenvalue weighted by Crippen LogP contribution is -2.41. The van der Waals surface area contributed by atoms with Crippen LogP contribution in [0.1, 0.15) is 49.2 Å². The summed E-state index contributed by atoms with van der Waals surface area (Å²) in [6, 6.07) is 0. The Kier molecular flexibility index (Phi) is 5.39. The van der Waals surface area contributed by atoms with Crippen LogP contribution in [0, 0.1) is 6.92 Å². The number of rotatable bonds is 5. The molecule has 9 nitrogen and oxygen atoms in total. The van der Waals surface area contributed by atoms with Crippen LogP contribution in [0.2, 0.25) is 0 Å². The molecule has 2 aliphatic rings. The van der Waals surface area contributed by atoms with Crippen LogP contribution in [0.5, 0.6) is 17.2 Å². The highest BCUT2D eigenvalue weighted by Gasteiger charge is 2.56. The Morgan fingerprint density at radius 1 is 1.06 bits per heavy atom. The third-order valence-electron chi connectivity index (χ3n) is 5.65. The summed E-state index contributed by atoms with van der Waals surface area (Å²) in [7, 11) is 0. The molecule has 1 aliphatic carbocycles. The lowest BCUT2D eigenvalue weighted by Gasteiger charge is -2.29. The van der Waals surface area contributed by atoms with Crippen LogP contribution in [-0.2, 0) is 19.8 Å². The smallest absolute Gasteiger partial charge is 0.216 e. The van der Waals surface area contributed by atoms with E-state index in [0.29, 0.717) is 18.8 Å². The van der Waals surface area contributed by atoms with E-state index in [1.807, 2.05) is 0 Å². The molecule has 1 unspecified atom stereocenters. The Balaban J connectivity index is 2.13. The van der Waals surface area contributed by atoms with Crippen molar-refractivity contribution in [2.24, 2.45) is 0 Å². The quantitative estimate of drug-likeness (QED) is 0.238. The van der Waals surface area contributed by atoms with Crippen LogP contribution in [-0.4, -0.2) is 46.6 Å². The SMILES string of the molecule is CC(=O)NCCNC(C)=C1C(=O)C=C2Oc3c(C(C)=O)c(O)c(C)c(O)c3C2(C)C1=O. The number of benzene rings is 1. The molecule has 0 aromatic heterocycles. The standard InChI is InChI=1S/C22H24N2O7/c1-9-18(28)16(11(3)25)20-17(19(9)29)22(5)14(31-20)8-13(27)15(21(22)30)10(2)23-6-7-24-12(4)26/h8,23,28-29H,6-7H2,1-5H3,(H,24,26). The summed E-state index contributed by atoms with van der Waals surface area (Å²) >= 11 is 0. The van der Waals surface area contributed by atoms with Crippen molar-refractivity contribution in [3.8, 4) is 17.2 Å². The number of ether oxygens (including phenoxy) is 1. The van der Waals surface area contributed by atoms with Gasteiger partial charge < -0.3 is 25.6 Å². The number of ketones is 3. The first-order chi connectivity index (χ1) is 14.4. The Hall–Kier alpha value is -3.62. The number of Topliss-reactive ketones (excluding diaryl/α,β-unsaturated/α-hetero) is 2. The third-order valence-corrected chi connectivity index (χ3v) is 5.65. The van der Waals surface area contributed by atoms with Gasteiger partial charge in [-0.05, 0) is 27.7 Å². The number of hydrogen-bond acceptors (Lipinski definition) is 8. The van der Waals surface area contributed by atoms with Gasteiger partial charge >= 0.3 is 0 Å². The molecule has 3 rings (SSSR count). The van der Waals surface area contributed by atoms with Crippen molar-refractivity contribution in [2.75, 3.05) is 13.1 Å². The van der Waals surface area contributed by atoms with Crippen molar-refractivity contribution in [1.29, 1.82) is 0 Å². The number of fused-ring (bicyclic) bond motifs is 3. The van der Waals surface area contributed by atoms with Crippen LogP contribution >= 0.6 is 0 Å². The fourth-order valence-corrected chi connectivity index (χ4v) is 3.94. The zero-order chi connectivity index (χ0) is 23.2. The Labute approximate surface area is 178 Å². The van der Waals surface area contributed by atoms with Crippen molar-refractivity contribution < 1.29 is 34.1 Å². The second-order valence-corrected chi connectivity index (χ2v) is 7.80. The lowest BCUT2D eigenvalue weighted by molar-refractivity contribution is -0.124. The molecule has 9 heteroatoms. The average Bonchev–Trinajstić information content (AvgIpc) is 2.96. The predicted molar refractivity (Wildman–Crippen MR) is 110 cm³/mol. The van der Waals surface area contributed by atoms with Gasteiger partial charge in [-0.1, -0.05) is 0 Å². The minimum atomic E-state index is -1.55. The molecule has 31 heavy (non-hydrogen) atoms. The van der Waals surface area contributed by atoms with Crippen LogP contribution in [0.4, 0.5) is 0 Å². The lowest BCUT2D eigenvalue weighted by atomic mass is 9.70. The van der Waals surface area contributed by atoms with Gasteiger partial charge in [0.05, 0.1) is 11.1 Å². The first-order valence-electron chi connectivity index (χ1n) is 9.71. The van der Waals surface area contributed by atoms with E-state index in [-0.39, 0.29) is 45.4 Å². The van der Waals surface area contributed by atoms with E-state index in [0.717, 1.165) is 6.08 Å². The summed E-state index contributed by atoms with van der Waals surface area (Å²) in [6.45, 7) is 7.70. The summed E-state index contributed by atoms with van der Waals surface area (Å²) in [5.41, 5.74) is -1.42. The zero-order valence-electron chi connectivity index (χ0n) is 17.9. The molecule has 1 atom stereocenters. The number of phenols is 2. The van der Waals surface area contributed by atoms with E-state index >= 15 is 0 Å². The van der Waals surface area contributed by atoms with Crippen molar-refractivity contribution in [3.63, 3.8) is 0 Å². The fraction of sp³-hybridized carbons (Fsp3) is 0.364. The molecule has 0 fully saturated rings. The van der Waals surface area contributed by atoms with Gasteiger partial charge in [-0.25, -0.2) is 0 Å². The van der Waals surface area contributed by atoms with Gasteiger partial charge in [0.15, 0.2) is 17.3 Å². The highest BCUT2D eigenvalue weighted by atomic mass is 16.5. The number of allylic oxidation sites excluding steroid dienone is 4. The maximum atomic E-state index is 13.5. The Bertz CT molecular complexity index is 1110. The van der Waals surface area contributed by atoms with Crippen LogP contribution in [0.3, 0.4) is 0 Å². The summed E-state index contributed by atoms with van der Waals surface area (Å²) in [4.78, 5) is 49.4. The normalized spacial score (nSPS) is 21.0. The summed E-state index contributed by atoms with van der Waals surface area (Å²) in [5.74, 6) is -2.85. The highest BCUT2D eigenvalue weighted by Crippen LogP contribution is 2.57. The van der Waals surface area contributed by atoms with Crippen molar-refractivity contribution >= 4 is 23.3 Å². The summed E-state index contributed by atoms with van der Waals surface area (Å²) in [6.07, 6.45) is 1.16. The van der Waals surface area contributed by atoms with Crippen molar-refractivity contribution in [3.05, 3.63) is 39.8 Å². The highest BCUT2D eigenvalue weighted by molar-refractivity contribution is 6.31. The van der Waals surface area contributed by atoms with Crippen LogP contribution < -0.4 is 15.4 Å². The van der Waals surface area contributed by atoms with E-state index in [1.165, 1.54) is 27.7 Å². The van der Waals surface area contributed by atoms with E-state index < -0.39 is 28.5 Å². The number of carbonyl (C=O) groups is 4. The number of phenolic OH excluding ortho intramolecular Hbond substituents is 2. The topological polar surface area (TPSA) is 142 Å². The second kappa shape index (κ2) is 7.57. The summed E-state index contributed by atoms with van der Waals surface area (Å²) in [5, 5.41) is 26.7. The molecule has 0 saturated heterocycles. The van der Waals surface area contributed by atoms with E-state index in [2.05, 4.69) is 10.6 Å². The molecule has 0 spiro atoms. The Morgan fingerprint density at radius 2 is 1.68 bits per heavy atom. The van der Waals surface area contributed by atoms with Crippen LogP contribution in [0.25, 0.3) is 0 Å². The number of hydrogen-bond donors (Lipinski definition) is 4. The average molecular weight is 428 g/mol. The molecule has 1 aromatic rings. The molecule has 0 radical (unpaired) electrons. The van der Waals surface area contributed by atoms with Gasteiger partial charge in [-0.15, -0.1) is 0 Å². The molecule has 1 heterocycles. The monoisotopic (exact) mass is 428 g/mol. The first kappa shape index (κ1) is 22.1. The Morgan fingerprint density at radius 3 is 2.26 bits per heavy atom. The van der Waals surface area contributed by atoms with E-state index in [9.17, 15) is 29.4 Å². The second-order valence-electron chi connectivity index (χ2n) is 7.80. The fourth-order valence-electron chi connectivity index (χ4n) is 3.94. The maximum Gasteiger partial charge on any atom is 0.216 e. The molecule has 164 valence electrons. The molecular weight excluding hydrogens is 404 g/mol. The van der Waals surface area contributed by atoms with Crippen molar-refractivity contribution in [2.45, 2.75) is 40.0 Å². The number of carbonyl (C=O) groups excluding carboxylic acids is 4. The van der Waals surface area contributed by atoms with E-state index in [1.54, 1.807) is 6.92 Å². The van der Waals surface area contributed by atoms with Gasteiger partial charge in [0.2, 0.25) is 5.91 Å². The zero-order valence-corrected chi connectivity index (χ0v) is 17.9. The molecule has 1 amide bonds. The number of nitrogens with one attached hydrogen (secondary N) is 2. The molecule has 0 saturated carbocycles. The van der Waals surface area contributed by atoms with Gasteiger partial charge in [0, 0.05) is 37.3 Å². The largest absolute Gasteiger partial charge is 0.507 e. The van der Waals surface area contributed by atoms with Gasteiger partial charge in [0.1, 0.15) is 34.0 Å². The molecule has 1 aliphatic heterocycles. The number of aromatic hydroxyl groups is 2. The maximum absolute atomic E-state index is 13.5. The minimum absolute atomic E-state index is 0.0184. The van der Waals surface area contributed by atoms with Gasteiger partial charge in [-0.2, -0.15) is 0 Å². The third kappa shape index (κ3) is 3.26. The van der Waals surface area contributed by atoms with Crippen LogP contribution in [0.15, 0.2) is 23.1 Å². The van der Waals surface area contributed by atoms with Crippen molar-refractivity contribution in [1.82, 2.24) is 10.6 Å². The van der Waals surface area contributed by atoms with E-state index in [4.69, 9.17) is 4.74 Å². The molecular formula is C22H24N2O7. The number of amides is 1. The summed E-state index contributed by atoms with van der Waals surface area (Å²) < 4.78 is 5.70. The van der Waals surface area contributed by atoms with Gasteiger partial charge in [0.25, 0.3) is 0 Å². The predicted octanol–water partition coefficient (Wildman–Crippen LogP) is 1.29. The first-order valence-corrected chi connectivity index (χ1v) is 9.71. The minimum Gasteiger partial charge on any atom is -0.507 e.